The summed E-state index contributed by atoms with van der Waals surface area (Å²) in [4.78, 5) is 12.8. The zero-order valence-corrected chi connectivity index (χ0v) is 12.4. The van der Waals surface area contributed by atoms with Crippen LogP contribution in [0.2, 0.25) is 0 Å². The van der Waals surface area contributed by atoms with Gasteiger partial charge in [0.25, 0.3) is 0 Å². The van der Waals surface area contributed by atoms with Crippen molar-refractivity contribution in [3.63, 3.8) is 0 Å². The summed E-state index contributed by atoms with van der Waals surface area (Å²) < 4.78 is 1.01. The van der Waals surface area contributed by atoms with Crippen LogP contribution in [0.1, 0.15) is 5.56 Å². The Morgan fingerprint density at radius 1 is 1.21 bits per heavy atom. The third kappa shape index (κ3) is 4.01. The Balaban J connectivity index is 2.28. The molecule has 0 radical (unpaired) electrons. The lowest BCUT2D eigenvalue weighted by Crippen LogP contribution is -2.02. The highest BCUT2D eigenvalue weighted by atomic mass is 79.9. The van der Waals surface area contributed by atoms with Crippen LogP contribution in [-0.4, -0.2) is 11.1 Å². The maximum absolute atomic E-state index is 10.9. The summed E-state index contributed by atoms with van der Waals surface area (Å²) in [6, 6.07) is 13.2. The summed E-state index contributed by atoms with van der Waals surface area (Å²) in [7, 11) is 0. The van der Waals surface area contributed by atoms with Gasteiger partial charge in [-0.15, -0.1) is 0 Å². The van der Waals surface area contributed by atoms with Gasteiger partial charge in [0.15, 0.2) is 0 Å². The fourth-order valence-corrected chi connectivity index (χ4v) is 2.82. The lowest BCUT2D eigenvalue weighted by Gasteiger charge is -2.08. The number of nitrogen functional groups attached to an aromatic ring is 1. The van der Waals surface area contributed by atoms with Crippen LogP contribution in [0.25, 0.3) is 0 Å². The molecule has 0 heterocycles. The van der Waals surface area contributed by atoms with Crippen LogP contribution in [-0.2, 0) is 11.2 Å². The molecule has 0 fully saturated rings. The molecule has 0 bridgehead atoms. The predicted octanol–water partition coefficient (Wildman–Crippen LogP) is 3.81. The Kier molecular flexibility index (Phi) is 4.50. The fourth-order valence-electron chi connectivity index (χ4n) is 1.63. The average molecular weight is 338 g/mol. The van der Waals surface area contributed by atoms with Crippen LogP contribution in [0.15, 0.2) is 56.7 Å². The monoisotopic (exact) mass is 337 g/mol. The minimum absolute atomic E-state index is 0.0239. The van der Waals surface area contributed by atoms with Gasteiger partial charge in [-0.05, 0) is 48.0 Å². The Morgan fingerprint density at radius 2 is 1.89 bits per heavy atom. The first kappa shape index (κ1) is 14.0. The molecule has 0 amide bonds. The van der Waals surface area contributed by atoms with E-state index in [-0.39, 0.29) is 6.42 Å². The second-order valence-corrected chi connectivity index (χ2v) is 6.02. The van der Waals surface area contributed by atoms with Crippen LogP contribution in [0.4, 0.5) is 5.69 Å². The van der Waals surface area contributed by atoms with Crippen molar-refractivity contribution in [2.45, 2.75) is 16.2 Å². The molecule has 0 spiro atoms. The number of carboxylic acids is 1. The van der Waals surface area contributed by atoms with Crippen molar-refractivity contribution in [2.75, 3.05) is 5.73 Å². The maximum Gasteiger partial charge on any atom is 0.307 e. The Labute approximate surface area is 124 Å². The highest BCUT2D eigenvalue weighted by Crippen LogP contribution is 2.32. The van der Waals surface area contributed by atoms with Gasteiger partial charge < -0.3 is 10.8 Å². The van der Waals surface area contributed by atoms with Crippen molar-refractivity contribution >= 4 is 39.3 Å². The summed E-state index contributed by atoms with van der Waals surface area (Å²) in [5, 5.41) is 8.93. The molecule has 98 valence electrons. The topological polar surface area (TPSA) is 63.3 Å². The normalized spacial score (nSPS) is 10.4. The molecule has 0 unspecified atom stereocenters. The number of hydrogen-bond donors (Lipinski definition) is 2. The molecular weight excluding hydrogens is 326 g/mol. The van der Waals surface area contributed by atoms with Crippen molar-refractivity contribution in [1.29, 1.82) is 0 Å². The number of carbonyl (C=O) groups is 1. The minimum Gasteiger partial charge on any atom is -0.481 e. The van der Waals surface area contributed by atoms with E-state index in [0.29, 0.717) is 5.69 Å². The molecule has 0 aliphatic rings. The van der Waals surface area contributed by atoms with Gasteiger partial charge in [-0.25, -0.2) is 0 Å². The molecule has 0 saturated carbocycles. The number of hydrogen-bond acceptors (Lipinski definition) is 3. The van der Waals surface area contributed by atoms with Crippen LogP contribution in [0, 0.1) is 0 Å². The first-order valence-corrected chi connectivity index (χ1v) is 7.19. The predicted molar refractivity (Wildman–Crippen MR) is 80.5 cm³/mol. The molecular formula is C14H12BrNO2S. The number of halogens is 1. The second kappa shape index (κ2) is 6.12. The number of anilines is 1. The van der Waals surface area contributed by atoms with E-state index in [2.05, 4.69) is 15.9 Å². The van der Waals surface area contributed by atoms with Crippen LogP contribution in [0.5, 0.6) is 0 Å². The lowest BCUT2D eigenvalue weighted by molar-refractivity contribution is -0.136. The summed E-state index contributed by atoms with van der Waals surface area (Å²) in [5.74, 6) is -0.858. The molecule has 0 atom stereocenters. The largest absolute Gasteiger partial charge is 0.481 e. The van der Waals surface area contributed by atoms with Crippen LogP contribution >= 0.6 is 27.7 Å². The number of rotatable bonds is 4. The highest BCUT2D eigenvalue weighted by molar-refractivity contribution is 9.10. The van der Waals surface area contributed by atoms with Gasteiger partial charge in [-0.3, -0.25) is 4.79 Å². The Morgan fingerprint density at radius 3 is 2.53 bits per heavy atom. The van der Waals surface area contributed by atoms with E-state index in [1.807, 2.05) is 30.3 Å². The standard InChI is InChI=1S/C14H12BrNO2S/c15-10-1-4-12(5-2-10)19-13-6-3-11(16)7-9(13)8-14(17)18/h1-7H,8,16H2,(H,17,18). The second-order valence-electron chi connectivity index (χ2n) is 3.99. The molecule has 0 aromatic heterocycles. The van der Waals surface area contributed by atoms with Crippen molar-refractivity contribution < 1.29 is 9.90 Å². The number of nitrogens with two attached hydrogens (primary N) is 1. The molecule has 19 heavy (non-hydrogen) atoms. The van der Waals surface area contributed by atoms with Crippen molar-refractivity contribution in [3.05, 3.63) is 52.5 Å². The van der Waals surface area contributed by atoms with Gasteiger partial charge in [-0.1, -0.05) is 27.7 Å². The zero-order chi connectivity index (χ0) is 13.8. The Bertz CT molecular complexity index is 599. The summed E-state index contributed by atoms with van der Waals surface area (Å²) in [6.07, 6.45) is -0.0239. The van der Waals surface area contributed by atoms with Gasteiger partial charge in [0.1, 0.15) is 0 Å². The molecule has 3 nitrogen and oxygen atoms in total. The SMILES string of the molecule is Nc1ccc(Sc2ccc(Br)cc2)c(CC(=O)O)c1. The number of carboxylic acid groups (broad SMARTS) is 1. The lowest BCUT2D eigenvalue weighted by atomic mass is 10.1. The molecule has 5 heteroatoms. The molecule has 0 aliphatic carbocycles. The summed E-state index contributed by atoms with van der Waals surface area (Å²) in [5.41, 5.74) is 7.02. The summed E-state index contributed by atoms with van der Waals surface area (Å²) >= 11 is 4.92. The highest BCUT2D eigenvalue weighted by Gasteiger charge is 2.09. The van der Waals surface area contributed by atoms with Crippen molar-refractivity contribution in [1.82, 2.24) is 0 Å². The third-order valence-electron chi connectivity index (χ3n) is 2.47. The van der Waals surface area contributed by atoms with E-state index >= 15 is 0 Å². The van der Waals surface area contributed by atoms with E-state index in [9.17, 15) is 4.79 Å². The first-order chi connectivity index (χ1) is 9.04. The molecule has 3 N–H and O–H groups in total. The quantitative estimate of drug-likeness (QED) is 0.832. The molecule has 2 aromatic carbocycles. The number of aliphatic carboxylic acids is 1. The van der Waals surface area contributed by atoms with Crippen LogP contribution in [0.3, 0.4) is 0 Å². The van der Waals surface area contributed by atoms with Gasteiger partial charge >= 0.3 is 5.97 Å². The zero-order valence-electron chi connectivity index (χ0n) is 9.97. The molecule has 0 aliphatic heterocycles. The average Bonchev–Trinajstić information content (AvgIpc) is 2.34. The fraction of sp³-hybridized carbons (Fsp3) is 0.0714. The van der Waals surface area contributed by atoms with Gasteiger partial charge in [0, 0.05) is 20.0 Å². The van der Waals surface area contributed by atoms with E-state index in [0.717, 1.165) is 19.8 Å². The maximum atomic E-state index is 10.9. The third-order valence-corrected chi connectivity index (χ3v) is 4.12. The number of benzene rings is 2. The van der Waals surface area contributed by atoms with Gasteiger partial charge in [0.2, 0.25) is 0 Å². The van der Waals surface area contributed by atoms with Gasteiger partial charge in [0.05, 0.1) is 6.42 Å². The molecule has 2 aromatic rings. The van der Waals surface area contributed by atoms with E-state index in [1.54, 1.807) is 12.1 Å². The van der Waals surface area contributed by atoms with Crippen molar-refractivity contribution in [3.8, 4) is 0 Å². The first-order valence-electron chi connectivity index (χ1n) is 5.58. The summed E-state index contributed by atoms with van der Waals surface area (Å²) in [6.45, 7) is 0. The van der Waals surface area contributed by atoms with Crippen molar-refractivity contribution in [2.24, 2.45) is 0 Å². The molecule has 2 rings (SSSR count). The minimum atomic E-state index is -0.858. The van der Waals surface area contributed by atoms with Crippen LogP contribution < -0.4 is 5.73 Å². The van der Waals surface area contributed by atoms with Gasteiger partial charge in [-0.2, -0.15) is 0 Å². The smallest absolute Gasteiger partial charge is 0.307 e. The molecule has 0 saturated heterocycles. The van der Waals surface area contributed by atoms with E-state index < -0.39 is 5.97 Å². The van der Waals surface area contributed by atoms with E-state index in [1.165, 1.54) is 11.8 Å². The Hall–Kier alpha value is -1.46. The van der Waals surface area contributed by atoms with E-state index in [4.69, 9.17) is 10.8 Å².